The normalized spacial score (nSPS) is 27.4. The predicted molar refractivity (Wildman–Crippen MR) is 76.0 cm³/mol. The van der Waals surface area contributed by atoms with Gasteiger partial charge in [0.2, 0.25) is 0 Å². The second-order valence-electron chi connectivity index (χ2n) is 6.97. The first-order valence-electron chi connectivity index (χ1n) is 7.38. The fourth-order valence-corrected chi connectivity index (χ4v) is 3.22. The first kappa shape index (κ1) is 15.0. The molecule has 1 saturated heterocycles. The maximum Gasteiger partial charge on any atom is 0.0170 e. The SMILES string of the molecule is CC(C)CC(CC(C)C)N1CC(C)CC(N)C1. The number of piperidine rings is 1. The fourth-order valence-electron chi connectivity index (χ4n) is 3.22. The van der Waals surface area contributed by atoms with Gasteiger partial charge < -0.3 is 5.73 Å². The Morgan fingerprint density at radius 1 is 1.06 bits per heavy atom. The van der Waals surface area contributed by atoms with Gasteiger partial charge in [0.05, 0.1) is 0 Å². The van der Waals surface area contributed by atoms with E-state index >= 15 is 0 Å². The number of nitrogens with two attached hydrogens (primary N) is 1. The van der Waals surface area contributed by atoms with E-state index < -0.39 is 0 Å². The van der Waals surface area contributed by atoms with E-state index in [4.69, 9.17) is 5.73 Å². The maximum atomic E-state index is 6.17. The van der Waals surface area contributed by atoms with Gasteiger partial charge in [0.15, 0.2) is 0 Å². The Labute approximate surface area is 108 Å². The number of rotatable bonds is 5. The van der Waals surface area contributed by atoms with Crippen molar-refractivity contribution in [2.24, 2.45) is 23.5 Å². The van der Waals surface area contributed by atoms with Crippen molar-refractivity contribution in [2.75, 3.05) is 13.1 Å². The molecule has 0 saturated carbocycles. The van der Waals surface area contributed by atoms with Crippen LogP contribution >= 0.6 is 0 Å². The smallest absolute Gasteiger partial charge is 0.0170 e. The van der Waals surface area contributed by atoms with Crippen molar-refractivity contribution in [3.8, 4) is 0 Å². The Kier molecular flexibility index (Phi) is 5.94. The molecule has 1 rings (SSSR count). The average Bonchev–Trinajstić information content (AvgIpc) is 2.13. The molecule has 0 radical (unpaired) electrons. The molecule has 0 bridgehead atoms. The van der Waals surface area contributed by atoms with Crippen LogP contribution in [-0.2, 0) is 0 Å². The van der Waals surface area contributed by atoms with Gasteiger partial charge in [0, 0.05) is 25.2 Å². The van der Waals surface area contributed by atoms with Crippen molar-refractivity contribution in [3.05, 3.63) is 0 Å². The number of nitrogens with zero attached hydrogens (tertiary/aromatic N) is 1. The number of likely N-dealkylation sites (tertiary alicyclic amines) is 1. The quantitative estimate of drug-likeness (QED) is 0.800. The van der Waals surface area contributed by atoms with Gasteiger partial charge in [-0.3, -0.25) is 4.90 Å². The minimum atomic E-state index is 0.389. The lowest BCUT2D eigenvalue weighted by atomic mass is 9.89. The zero-order valence-electron chi connectivity index (χ0n) is 12.4. The Balaban J connectivity index is 2.60. The molecule has 2 nitrogen and oxygen atoms in total. The Morgan fingerprint density at radius 2 is 1.59 bits per heavy atom. The van der Waals surface area contributed by atoms with Crippen molar-refractivity contribution in [2.45, 2.75) is 66.0 Å². The molecule has 2 N–H and O–H groups in total. The van der Waals surface area contributed by atoms with Crippen LogP contribution in [0.2, 0.25) is 0 Å². The van der Waals surface area contributed by atoms with Gasteiger partial charge in [0.1, 0.15) is 0 Å². The molecule has 17 heavy (non-hydrogen) atoms. The molecule has 102 valence electrons. The molecule has 2 unspecified atom stereocenters. The van der Waals surface area contributed by atoms with Gasteiger partial charge in [-0.1, -0.05) is 34.6 Å². The summed E-state index contributed by atoms with van der Waals surface area (Å²) in [6.07, 6.45) is 3.84. The van der Waals surface area contributed by atoms with Crippen molar-refractivity contribution < 1.29 is 0 Å². The van der Waals surface area contributed by atoms with Crippen LogP contribution in [0, 0.1) is 17.8 Å². The highest BCUT2D eigenvalue weighted by atomic mass is 15.2. The lowest BCUT2D eigenvalue weighted by Crippen LogP contribution is -2.51. The molecule has 0 spiro atoms. The van der Waals surface area contributed by atoms with Crippen LogP contribution < -0.4 is 5.73 Å². The highest BCUT2D eigenvalue weighted by molar-refractivity contribution is 4.84. The molecule has 2 atom stereocenters. The summed E-state index contributed by atoms with van der Waals surface area (Å²) in [4.78, 5) is 2.67. The summed E-state index contributed by atoms with van der Waals surface area (Å²) in [7, 11) is 0. The van der Waals surface area contributed by atoms with Gasteiger partial charge in [0.25, 0.3) is 0 Å². The lowest BCUT2D eigenvalue weighted by Gasteiger charge is -2.41. The molecule has 0 aliphatic carbocycles. The van der Waals surface area contributed by atoms with E-state index in [1.54, 1.807) is 0 Å². The molecule has 0 aromatic heterocycles. The van der Waals surface area contributed by atoms with E-state index in [-0.39, 0.29) is 0 Å². The first-order valence-corrected chi connectivity index (χ1v) is 7.38. The molecule has 1 aliphatic heterocycles. The van der Waals surface area contributed by atoms with E-state index in [0.29, 0.717) is 6.04 Å². The van der Waals surface area contributed by atoms with Gasteiger partial charge in [-0.05, 0) is 37.0 Å². The molecule has 1 heterocycles. The lowest BCUT2D eigenvalue weighted by molar-refractivity contribution is 0.0899. The number of hydrogen-bond donors (Lipinski definition) is 1. The summed E-state index contributed by atoms with van der Waals surface area (Å²) in [6, 6.07) is 1.13. The summed E-state index contributed by atoms with van der Waals surface area (Å²) in [5, 5.41) is 0. The number of hydrogen-bond acceptors (Lipinski definition) is 2. The van der Waals surface area contributed by atoms with E-state index in [2.05, 4.69) is 39.5 Å². The zero-order valence-corrected chi connectivity index (χ0v) is 12.4. The van der Waals surface area contributed by atoms with Crippen LogP contribution in [0.25, 0.3) is 0 Å². The second kappa shape index (κ2) is 6.75. The van der Waals surface area contributed by atoms with E-state index in [1.165, 1.54) is 25.8 Å². The van der Waals surface area contributed by atoms with E-state index in [1.807, 2.05) is 0 Å². The van der Waals surface area contributed by atoms with Crippen LogP contribution in [-0.4, -0.2) is 30.1 Å². The standard InChI is InChI=1S/C15H32N2/c1-11(2)6-15(7-12(3)4)17-9-13(5)8-14(16)10-17/h11-15H,6-10,16H2,1-5H3. The largest absolute Gasteiger partial charge is 0.327 e. The van der Waals surface area contributed by atoms with Crippen LogP contribution in [0.1, 0.15) is 53.9 Å². The van der Waals surface area contributed by atoms with Gasteiger partial charge in [-0.2, -0.15) is 0 Å². The van der Waals surface area contributed by atoms with Crippen LogP contribution in [0.3, 0.4) is 0 Å². The molecule has 2 heteroatoms. The van der Waals surface area contributed by atoms with Crippen molar-refractivity contribution in [3.63, 3.8) is 0 Å². The van der Waals surface area contributed by atoms with Gasteiger partial charge in [-0.15, -0.1) is 0 Å². The molecule has 0 aromatic carbocycles. The summed E-state index contributed by atoms with van der Waals surface area (Å²) in [5.74, 6) is 2.33. The second-order valence-corrected chi connectivity index (χ2v) is 6.97. The summed E-state index contributed by atoms with van der Waals surface area (Å²) < 4.78 is 0. The molecule has 1 fully saturated rings. The highest BCUT2D eigenvalue weighted by Gasteiger charge is 2.28. The summed E-state index contributed by atoms with van der Waals surface area (Å²) in [5.41, 5.74) is 6.17. The van der Waals surface area contributed by atoms with E-state index in [0.717, 1.165) is 30.3 Å². The minimum absolute atomic E-state index is 0.389. The Hall–Kier alpha value is -0.0800. The third-order valence-electron chi connectivity index (χ3n) is 3.72. The third kappa shape index (κ3) is 5.39. The van der Waals surface area contributed by atoms with Crippen LogP contribution in [0.4, 0.5) is 0 Å². The van der Waals surface area contributed by atoms with Crippen LogP contribution in [0.5, 0.6) is 0 Å². The Morgan fingerprint density at radius 3 is 2.00 bits per heavy atom. The van der Waals surface area contributed by atoms with Crippen LogP contribution in [0.15, 0.2) is 0 Å². The van der Waals surface area contributed by atoms with Gasteiger partial charge in [-0.25, -0.2) is 0 Å². The average molecular weight is 240 g/mol. The van der Waals surface area contributed by atoms with E-state index in [9.17, 15) is 0 Å². The predicted octanol–water partition coefficient (Wildman–Crippen LogP) is 3.12. The molecular weight excluding hydrogens is 208 g/mol. The van der Waals surface area contributed by atoms with Crippen molar-refractivity contribution in [1.29, 1.82) is 0 Å². The van der Waals surface area contributed by atoms with Gasteiger partial charge >= 0.3 is 0 Å². The summed E-state index contributed by atoms with van der Waals surface area (Å²) >= 11 is 0. The summed E-state index contributed by atoms with van der Waals surface area (Å²) in [6.45, 7) is 14.0. The highest BCUT2D eigenvalue weighted by Crippen LogP contribution is 2.24. The topological polar surface area (TPSA) is 29.3 Å². The maximum absolute atomic E-state index is 6.17. The molecule has 0 amide bonds. The Bertz CT molecular complexity index is 193. The molecule has 1 aliphatic rings. The first-order chi connectivity index (χ1) is 7.88. The monoisotopic (exact) mass is 240 g/mol. The zero-order chi connectivity index (χ0) is 13.0. The minimum Gasteiger partial charge on any atom is -0.327 e. The molecular formula is C15H32N2. The third-order valence-corrected chi connectivity index (χ3v) is 3.72. The van der Waals surface area contributed by atoms with Crippen molar-refractivity contribution in [1.82, 2.24) is 4.90 Å². The fraction of sp³-hybridized carbons (Fsp3) is 1.00. The van der Waals surface area contributed by atoms with Crippen molar-refractivity contribution >= 4 is 0 Å². The molecule has 0 aromatic rings.